The number of rotatable bonds is 5. The third-order valence-corrected chi connectivity index (χ3v) is 4.54. The molecular formula is C18H18N2O4S. The molecule has 0 spiro atoms. The number of primary amides is 1. The lowest BCUT2D eigenvalue weighted by molar-refractivity contribution is -0.113. The van der Waals surface area contributed by atoms with Gasteiger partial charge < -0.3 is 20.5 Å². The quantitative estimate of drug-likeness (QED) is 0.802. The van der Waals surface area contributed by atoms with Crippen LogP contribution in [-0.2, 0) is 4.79 Å². The molecule has 2 aromatic rings. The van der Waals surface area contributed by atoms with Gasteiger partial charge in [-0.05, 0) is 42.5 Å². The molecule has 1 aliphatic heterocycles. The van der Waals surface area contributed by atoms with Crippen LogP contribution in [0.25, 0.3) is 0 Å². The summed E-state index contributed by atoms with van der Waals surface area (Å²) in [4.78, 5) is 24.0. The molecule has 3 N–H and O–H groups in total. The molecule has 0 radical (unpaired) electrons. The number of thioether (sulfide) groups is 1. The Bertz CT molecular complexity index is 777. The first-order chi connectivity index (χ1) is 12.1. The van der Waals surface area contributed by atoms with Crippen LogP contribution in [-0.4, -0.2) is 30.8 Å². The molecule has 1 aliphatic rings. The van der Waals surface area contributed by atoms with E-state index in [1.807, 2.05) is 18.2 Å². The Hall–Kier alpha value is -2.67. The molecule has 0 fully saturated rings. The van der Waals surface area contributed by atoms with Gasteiger partial charge in [-0.15, -0.1) is 11.8 Å². The molecule has 0 unspecified atom stereocenters. The summed E-state index contributed by atoms with van der Waals surface area (Å²) < 4.78 is 11.2. The van der Waals surface area contributed by atoms with Crippen LogP contribution in [0.1, 0.15) is 16.8 Å². The van der Waals surface area contributed by atoms with Gasteiger partial charge in [0.15, 0.2) is 11.5 Å². The summed E-state index contributed by atoms with van der Waals surface area (Å²) in [6.07, 6.45) is 0.855. The van der Waals surface area contributed by atoms with Crippen molar-refractivity contribution in [2.75, 3.05) is 24.3 Å². The summed E-state index contributed by atoms with van der Waals surface area (Å²) in [6.45, 7) is 1.28. The first-order valence-corrected chi connectivity index (χ1v) is 8.82. The van der Waals surface area contributed by atoms with Gasteiger partial charge in [-0.25, -0.2) is 0 Å². The van der Waals surface area contributed by atoms with Crippen molar-refractivity contribution in [2.45, 2.75) is 11.3 Å². The Morgan fingerprint density at radius 1 is 1.04 bits per heavy atom. The molecule has 1 heterocycles. The van der Waals surface area contributed by atoms with Crippen molar-refractivity contribution in [3.63, 3.8) is 0 Å². The summed E-state index contributed by atoms with van der Waals surface area (Å²) >= 11 is 1.41. The molecule has 25 heavy (non-hydrogen) atoms. The Balaban J connectivity index is 1.55. The minimum Gasteiger partial charge on any atom is -0.490 e. The fraction of sp³-hybridized carbons (Fsp3) is 0.222. The Morgan fingerprint density at radius 2 is 1.76 bits per heavy atom. The van der Waals surface area contributed by atoms with Gasteiger partial charge in [0.05, 0.1) is 19.0 Å². The van der Waals surface area contributed by atoms with E-state index in [1.165, 1.54) is 11.8 Å². The molecule has 7 heteroatoms. The summed E-state index contributed by atoms with van der Waals surface area (Å²) in [5, 5.41) is 2.78. The largest absolute Gasteiger partial charge is 0.490 e. The smallest absolute Gasteiger partial charge is 0.248 e. The summed E-state index contributed by atoms with van der Waals surface area (Å²) in [6, 6.07) is 12.1. The molecule has 3 rings (SSSR count). The van der Waals surface area contributed by atoms with Crippen LogP contribution in [0.5, 0.6) is 11.5 Å². The molecular weight excluding hydrogens is 340 g/mol. The van der Waals surface area contributed by atoms with E-state index >= 15 is 0 Å². The average molecular weight is 358 g/mol. The molecule has 2 amide bonds. The van der Waals surface area contributed by atoms with E-state index in [1.54, 1.807) is 24.3 Å². The summed E-state index contributed by atoms with van der Waals surface area (Å²) in [5.74, 6) is 1.08. The van der Waals surface area contributed by atoms with Gasteiger partial charge in [-0.1, -0.05) is 0 Å². The van der Waals surface area contributed by atoms with Gasteiger partial charge in [0, 0.05) is 22.6 Å². The topological polar surface area (TPSA) is 90.7 Å². The highest BCUT2D eigenvalue weighted by Gasteiger charge is 2.12. The Labute approximate surface area is 149 Å². The van der Waals surface area contributed by atoms with Crippen molar-refractivity contribution >= 4 is 29.3 Å². The first kappa shape index (κ1) is 17.2. The lowest BCUT2D eigenvalue weighted by Gasteiger charge is -2.09. The van der Waals surface area contributed by atoms with Crippen LogP contribution < -0.4 is 20.5 Å². The lowest BCUT2D eigenvalue weighted by atomic mass is 10.2. The van der Waals surface area contributed by atoms with Crippen molar-refractivity contribution in [2.24, 2.45) is 5.73 Å². The molecule has 2 aromatic carbocycles. The fourth-order valence-electron chi connectivity index (χ4n) is 2.30. The van der Waals surface area contributed by atoms with Gasteiger partial charge >= 0.3 is 0 Å². The highest BCUT2D eigenvalue weighted by Crippen LogP contribution is 2.33. The number of carbonyl (C=O) groups excluding carboxylic acids is 2. The highest BCUT2D eigenvalue weighted by atomic mass is 32.2. The maximum Gasteiger partial charge on any atom is 0.248 e. The maximum absolute atomic E-state index is 12.1. The molecule has 0 saturated heterocycles. The van der Waals surface area contributed by atoms with E-state index < -0.39 is 5.91 Å². The monoisotopic (exact) mass is 358 g/mol. The third kappa shape index (κ3) is 4.67. The number of benzene rings is 2. The number of nitrogens with two attached hydrogens (primary N) is 1. The van der Waals surface area contributed by atoms with Crippen molar-refractivity contribution in [1.82, 2.24) is 0 Å². The van der Waals surface area contributed by atoms with E-state index in [2.05, 4.69) is 5.32 Å². The molecule has 0 saturated carbocycles. The predicted molar refractivity (Wildman–Crippen MR) is 96.4 cm³/mol. The van der Waals surface area contributed by atoms with Crippen LogP contribution in [0.4, 0.5) is 5.69 Å². The second kappa shape index (κ2) is 7.94. The van der Waals surface area contributed by atoms with Crippen LogP contribution in [0, 0.1) is 0 Å². The molecule has 0 aromatic heterocycles. The number of anilines is 1. The standard InChI is InChI=1S/C18H18N2O4S/c19-18(22)12-2-4-13(5-3-12)20-17(21)11-25-14-6-7-15-16(10-14)24-9-1-8-23-15/h2-7,10H,1,8-9,11H2,(H2,19,22)(H,20,21). The molecule has 6 nitrogen and oxygen atoms in total. The first-order valence-electron chi connectivity index (χ1n) is 7.84. The van der Waals surface area contributed by atoms with Crippen molar-refractivity contribution in [1.29, 1.82) is 0 Å². The van der Waals surface area contributed by atoms with Gasteiger partial charge in [0.25, 0.3) is 0 Å². The lowest BCUT2D eigenvalue weighted by Crippen LogP contribution is -2.15. The van der Waals surface area contributed by atoms with E-state index in [0.29, 0.717) is 30.2 Å². The number of hydrogen-bond donors (Lipinski definition) is 2. The molecule has 0 bridgehead atoms. The number of ether oxygens (including phenoxy) is 2. The van der Waals surface area contributed by atoms with Crippen LogP contribution in [0.15, 0.2) is 47.4 Å². The van der Waals surface area contributed by atoms with Gasteiger partial charge in [0.1, 0.15) is 0 Å². The number of fused-ring (bicyclic) bond motifs is 1. The number of carbonyl (C=O) groups is 2. The second-order valence-electron chi connectivity index (χ2n) is 5.44. The van der Waals surface area contributed by atoms with E-state index in [4.69, 9.17) is 15.2 Å². The van der Waals surface area contributed by atoms with E-state index in [0.717, 1.165) is 17.1 Å². The predicted octanol–water partition coefficient (Wildman–Crippen LogP) is 2.68. The summed E-state index contributed by atoms with van der Waals surface area (Å²) in [7, 11) is 0. The highest BCUT2D eigenvalue weighted by molar-refractivity contribution is 8.00. The van der Waals surface area contributed by atoms with Gasteiger partial charge in [-0.3, -0.25) is 9.59 Å². The minimum absolute atomic E-state index is 0.135. The zero-order valence-electron chi connectivity index (χ0n) is 13.5. The Morgan fingerprint density at radius 3 is 2.48 bits per heavy atom. The average Bonchev–Trinajstić information content (AvgIpc) is 2.85. The zero-order chi connectivity index (χ0) is 17.6. The SMILES string of the molecule is NC(=O)c1ccc(NC(=O)CSc2ccc3c(c2)OCCCO3)cc1. The van der Waals surface area contributed by atoms with Crippen molar-refractivity contribution < 1.29 is 19.1 Å². The molecule has 0 atom stereocenters. The fourth-order valence-corrected chi connectivity index (χ4v) is 3.02. The molecule has 130 valence electrons. The van der Waals surface area contributed by atoms with Crippen molar-refractivity contribution in [3.8, 4) is 11.5 Å². The second-order valence-corrected chi connectivity index (χ2v) is 6.49. The number of hydrogen-bond acceptors (Lipinski definition) is 5. The van der Waals surface area contributed by atoms with Crippen molar-refractivity contribution in [3.05, 3.63) is 48.0 Å². The Kier molecular flexibility index (Phi) is 5.45. The van der Waals surface area contributed by atoms with E-state index in [-0.39, 0.29) is 11.7 Å². The zero-order valence-corrected chi connectivity index (χ0v) is 14.3. The third-order valence-electron chi connectivity index (χ3n) is 3.54. The van der Waals surface area contributed by atoms with Gasteiger partial charge in [-0.2, -0.15) is 0 Å². The normalized spacial score (nSPS) is 13.0. The van der Waals surface area contributed by atoms with Crippen LogP contribution in [0.3, 0.4) is 0 Å². The van der Waals surface area contributed by atoms with Crippen LogP contribution >= 0.6 is 11.8 Å². The summed E-state index contributed by atoms with van der Waals surface area (Å²) in [5.41, 5.74) is 6.21. The minimum atomic E-state index is -0.497. The number of nitrogens with one attached hydrogen (secondary N) is 1. The molecule has 0 aliphatic carbocycles. The number of amides is 2. The van der Waals surface area contributed by atoms with Gasteiger partial charge in [0.2, 0.25) is 11.8 Å². The maximum atomic E-state index is 12.1. The van der Waals surface area contributed by atoms with E-state index in [9.17, 15) is 9.59 Å². The van der Waals surface area contributed by atoms with Crippen LogP contribution in [0.2, 0.25) is 0 Å².